The van der Waals surface area contributed by atoms with Crippen LogP contribution in [0.4, 0.5) is 23.2 Å². The molecule has 1 atom stereocenters. The van der Waals surface area contributed by atoms with Crippen LogP contribution in [0.3, 0.4) is 0 Å². The standard InChI is InChI=1S/C25H24F4N2O/c1-16-3-12-22(15-17(16)2)31(24(32)23(30)19-6-10-21(26)11-7-19)14-13-18-4-8-20(9-5-18)25(27,28)29/h3-12,15,23H,13-14,30H2,1-2H3/t23-/m0/s1. The molecule has 0 radical (unpaired) electrons. The van der Waals surface area contributed by atoms with Crippen LogP contribution in [0, 0.1) is 19.7 Å². The molecule has 3 aromatic rings. The number of aryl methyl sites for hydroxylation is 2. The van der Waals surface area contributed by atoms with E-state index in [9.17, 15) is 22.4 Å². The summed E-state index contributed by atoms with van der Waals surface area (Å²) in [5.74, 6) is -0.812. The number of hydrogen-bond donors (Lipinski definition) is 1. The van der Waals surface area contributed by atoms with Crippen LogP contribution in [-0.2, 0) is 17.4 Å². The van der Waals surface area contributed by atoms with Gasteiger partial charge in [0.05, 0.1) is 5.56 Å². The third-order valence-corrected chi connectivity index (χ3v) is 5.47. The van der Waals surface area contributed by atoms with Gasteiger partial charge >= 0.3 is 6.18 Å². The molecule has 0 unspecified atom stereocenters. The van der Waals surface area contributed by atoms with Crippen molar-refractivity contribution in [2.24, 2.45) is 5.73 Å². The second-order valence-electron chi connectivity index (χ2n) is 7.73. The lowest BCUT2D eigenvalue weighted by Gasteiger charge is -2.27. The van der Waals surface area contributed by atoms with E-state index >= 15 is 0 Å². The molecule has 1 amide bonds. The smallest absolute Gasteiger partial charge is 0.316 e. The molecule has 0 spiro atoms. The van der Waals surface area contributed by atoms with Gasteiger partial charge in [0.2, 0.25) is 5.91 Å². The van der Waals surface area contributed by atoms with Crippen molar-refractivity contribution < 1.29 is 22.4 Å². The van der Waals surface area contributed by atoms with Crippen molar-refractivity contribution >= 4 is 11.6 Å². The van der Waals surface area contributed by atoms with Crippen LogP contribution in [0.15, 0.2) is 66.7 Å². The summed E-state index contributed by atoms with van der Waals surface area (Å²) in [4.78, 5) is 14.8. The Labute approximate surface area is 184 Å². The summed E-state index contributed by atoms with van der Waals surface area (Å²) in [6.45, 7) is 4.11. The van der Waals surface area contributed by atoms with Crippen LogP contribution in [0.5, 0.6) is 0 Å². The predicted molar refractivity (Wildman–Crippen MR) is 117 cm³/mol. The fourth-order valence-electron chi connectivity index (χ4n) is 3.34. The van der Waals surface area contributed by atoms with Gasteiger partial charge in [-0.05, 0) is 78.9 Å². The fraction of sp³-hybridized carbons (Fsp3) is 0.240. The van der Waals surface area contributed by atoms with Gasteiger partial charge in [-0.15, -0.1) is 0 Å². The Morgan fingerprint density at radius 1 is 0.938 bits per heavy atom. The summed E-state index contributed by atoms with van der Waals surface area (Å²) in [7, 11) is 0. The molecule has 0 heterocycles. The molecule has 3 aromatic carbocycles. The van der Waals surface area contributed by atoms with Gasteiger partial charge < -0.3 is 10.6 Å². The molecule has 3 rings (SSSR count). The summed E-state index contributed by atoms with van der Waals surface area (Å²) in [5, 5.41) is 0. The van der Waals surface area contributed by atoms with E-state index in [0.29, 0.717) is 23.2 Å². The summed E-state index contributed by atoms with van der Waals surface area (Å²) >= 11 is 0. The average Bonchev–Trinajstić information content (AvgIpc) is 2.76. The van der Waals surface area contributed by atoms with E-state index in [0.717, 1.165) is 23.3 Å². The molecule has 3 nitrogen and oxygen atoms in total. The zero-order chi connectivity index (χ0) is 23.5. The number of anilines is 1. The summed E-state index contributed by atoms with van der Waals surface area (Å²) in [6, 6.07) is 14.9. The van der Waals surface area contributed by atoms with Gasteiger partial charge in [-0.1, -0.05) is 30.3 Å². The van der Waals surface area contributed by atoms with E-state index in [1.165, 1.54) is 41.3 Å². The van der Waals surface area contributed by atoms with Crippen molar-refractivity contribution in [1.29, 1.82) is 0 Å². The number of carbonyl (C=O) groups is 1. The van der Waals surface area contributed by atoms with Crippen molar-refractivity contribution in [3.8, 4) is 0 Å². The van der Waals surface area contributed by atoms with Crippen LogP contribution < -0.4 is 10.6 Å². The normalized spacial score (nSPS) is 12.5. The maximum Gasteiger partial charge on any atom is 0.416 e. The van der Waals surface area contributed by atoms with Crippen molar-refractivity contribution in [2.45, 2.75) is 32.5 Å². The minimum atomic E-state index is -4.40. The van der Waals surface area contributed by atoms with Crippen LogP contribution in [0.25, 0.3) is 0 Å². The van der Waals surface area contributed by atoms with Gasteiger partial charge in [-0.25, -0.2) is 4.39 Å². The van der Waals surface area contributed by atoms with Crippen molar-refractivity contribution in [3.05, 3.63) is 100 Å². The van der Waals surface area contributed by atoms with E-state index < -0.39 is 23.6 Å². The number of carbonyl (C=O) groups excluding carboxylic acids is 1. The van der Waals surface area contributed by atoms with Crippen molar-refractivity contribution in [3.63, 3.8) is 0 Å². The Bertz CT molecular complexity index is 1080. The highest BCUT2D eigenvalue weighted by molar-refractivity contribution is 5.97. The third-order valence-electron chi connectivity index (χ3n) is 5.47. The Morgan fingerprint density at radius 3 is 2.12 bits per heavy atom. The van der Waals surface area contributed by atoms with Gasteiger partial charge in [-0.2, -0.15) is 13.2 Å². The minimum absolute atomic E-state index is 0.224. The molecule has 0 saturated heterocycles. The van der Waals surface area contributed by atoms with Crippen LogP contribution in [0.1, 0.15) is 33.9 Å². The lowest BCUT2D eigenvalue weighted by Crippen LogP contribution is -2.40. The van der Waals surface area contributed by atoms with Crippen molar-refractivity contribution in [2.75, 3.05) is 11.4 Å². The van der Waals surface area contributed by atoms with Gasteiger partial charge in [0, 0.05) is 12.2 Å². The highest BCUT2D eigenvalue weighted by Gasteiger charge is 2.30. The third kappa shape index (κ3) is 5.53. The highest BCUT2D eigenvalue weighted by atomic mass is 19.4. The van der Waals surface area contributed by atoms with E-state index in [1.54, 1.807) is 0 Å². The number of alkyl halides is 3. The second-order valence-corrected chi connectivity index (χ2v) is 7.73. The first-order valence-corrected chi connectivity index (χ1v) is 10.1. The molecule has 0 aliphatic carbocycles. The first-order valence-electron chi connectivity index (χ1n) is 10.1. The molecule has 168 valence electrons. The molecular weight excluding hydrogens is 420 g/mol. The topological polar surface area (TPSA) is 46.3 Å². The SMILES string of the molecule is Cc1ccc(N(CCc2ccc(C(F)(F)F)cc2)C(=O)[C@@H](N)c2ccc(F)cc2)cc1C. The number of nitrogens with two attached hydrogens (primary N) is 1. The predicted octanol–water partition coefficient (Wildman–Crippen LogP) is 5.74. The van der Waals surface area contributed by atoms with Gasteiger partial charge in [0.1, 0.15) is 11.9 Å². The van der Waals surface area contributed by atoms with Crippen LogP contribution >= 0.6 is 0 Å². The van der Waals surface area contributed by atoms with Gasteiger partial charge in [0.25, 0.3) is 0 Å². The molecule has 2 N–H and O–H groups in total. The number of nitrogens with zero attached hydrogens (tertiary/aromatic N) is 1. The average molecular weight is 444 g/mol. The van der Waals surface area contributed by atoms with E-state index in [-0.39, 0.29) is 12.5 Å². The molecule has 32 heavy (non-hydrogen) atoms. The molecule has 0 aliphatic rings. The zero-order valence-electron chi connectivity index (χ0n) is 17.8. The molecule has 0 bridgehead atoms. The number of benzene rings is 3. The van der Waals surface area contributed by atoms with Crippen LogP contribution in [-0.4, -0.2) is 12.5 Å². The molecule has 0 saturated carbocycles. The quantitative estimate of drug-likeness (QED) is 0.493. The maximum atomic E-state index is 13.3. The first-order chi connectivity index (χ1) is 15.1. The lowest BCUT2D eigenvalue weighted by atomic mass is 10.0. The zero-order valence-corrected chi connectivity index (χ0v) is 17.8. The van der Waals surface area contributed by atoms with Gasteiger partial charge in [-0.3, -0.25) is 4.79 Å². The number of rotatable bonds is 6. The van der Waals surface area contributed by atoms with E-state index in [1.807, 2.05) is 32.0 Å². The fourth-order valence-corrected chi connectivity index (χ4v) is 3.34. The molecular formula is C25H24F4N2O. The number of amides is 1. The highest BCUT2D eigenvalue weighted by Crippen LogP contribution is 2.29. The largest absolute Gasteiger partial charge is 0.416 e. The first kappa shape index (κ1) is 23.5. The van der Waals surface area contributed by atoms with Crippen LogP contribution in [0.2, 0.25) is 0 Å². The Morgan fingerprint density at radius 2 is 1.56 bits per heavy atom. The van der Waals surface area contributed by atoms with E-state index in [2.05, 4.69) is 0 Å². The molecule has 7 heteroatoms. The second kappa shape index (κ2) is 9.53. The minimum Gasteiger partial charge on any atom is -0.316 e. The summed E-state index contributed by atoms with van der Waals surface area (Å²) in [6.07, 6.45) is -4.06. The number of hydrogen-bond acceptors (Lipinski definition) is 2. The van der Waals surface area contributed by atoms with Gasteiger partial charge in [0.15, 0.2) is 0 Å². The maximum absolute atomic E-state index is 13.3. The molecule has 0 aromatic heterocycles. The van der Waals surface area contributed by atoms with Crippen molar-refractivity contribution in [1.82, 2.24) is 0 Å². The summed E-state index contributed by atoms with van der Waals surface area (Å²) < 4.78 is 51.7. The molecule has 0 fully saturated rings. The summed E-state index contributed by atoms with van der Waals surface area (Å²) in [5.41, 5.74) is 9.30. The lowest BCUT2D eigenvalue weighted by molar-refractivity contribution is -0.137. The molecule has 0 aliphatic heterocycles. The Balaban J connectivity index is 1.86. The Kier molecular flexibility index (Phi) is 6.99. The van der Waals surface area contributed by atoms with E-state index in [4.69, 9.17) is 5.73 Å². The Hall–Kier alpha value is -3.19. The monoisotopic (exact) mass is 444 g/mol. The number of halogens is 4.